The fourth-order valence-electron chi connectivity index (χ4n) is 1.49. The summed E-state index contributed by atoms with van der Waals surface area (Å²) in [7, 11) is 0. The summed E-state index contributed by atoms with van der Waals surface area (Å²) >= 11 is -0.432. The van der Waals surface area contributed by atoms with Crippen LogP contribution >= 0.6 is 24.8 Å². The van der Waals surface area contributed by atoms with E-state index < -0.39 is 19.8 Å². The van der Waals surface area contributed by atoms with Crippen LogP contribution in [0.2, 0.25) is 0 Å². The maximum atomic E-state index is 5.75. The average Bonchev–Trinajstić information content (AvgIpc) is 1.92. The largest absolute Gasteiger partial charge is 0.147 e. The zero-order valence-electron chi connectivity index (χ0n) is 11.6. The normalized spacial score (nSPS) is 11.8. The van der Waals surface area contributed by atoms with Gasteiger partial charge in [0.25, 0.3) is 0 Å². The molecule has 0 fully saturated rings. The Bertz CT molecular complexity index is 152. The Morgan fingerprint density at radius 3 is 1.56 bits per heavy atom. The molecule has 0 unspecified atom stereocenters. The first kappa shape index (κ1) is 22.4. The minimum atomic E-state index is -0.432. The molecule has 0 aliphatic rings. The molecule has 0 saturated carbocycles. The van der Waals surface area contributed by atoms with Crippen molar-refractivity contribution in [2.75, 3.05) is 6.61 Å². The topological polar surface area (TPSA) is 12.5 Å². The van der Waals surface area contributed by atoms with Gasteiger partial charge in [-0.2, -0.15) is 0 Å². The van der Waals surface area contributed by atoms with Gasteiger partial charge in [-0.25, -0.2) is 0 Å². The van der Waals surface area contributed by atoms with E-state index in [4.69, 9.17) is 3.32 Å². The van der Waals surface area contributed by atoms with Crippen LogP contribution in [0.15, 0.2) is 0 Å². The average molecular weight is 308 g/mol. The quantitative estimate of drug-likeness (QED) is 0.573. The van der Waals surface area contributed by atoms with E-state index >= 15 is 0 Å². The Kier molecular flexibility index (Phi) is 12.9. The first-order valence-electron chi connectivity index (χ1n) is 5.37. The second-order valence-electron chi connectivity index (χ2n) is 5.62. The number of rotatable bonds is 4. The van der Waals surface area contributed by atoms with Crippen LogP contribution in [0, 0.1) is 0 Å². The van der Waals surface area contributed by atoms with Crippen LogP contribution in [0.3, 0.4) is 0 Å². The molecule has 16 heavy (non-hydrogen) atoms. The van der Waals surface area contributed by atoms with Crippen molar-refractivity contribution in [1.82, 2.24) is 3.38 Å². The van der Waals surface area contributed by atoms with Crippen LogP contribution in [-0.4, -0.2) is 21.1 Å². The van der Waals surface area contributed by atoms with Crippen molar-refractivity contribution in [2.24, 2.45) is 0 Å². The van der Waals surface area contributed by atoms with Crippen LogP contribution in [0.25, 0.3) is 0 Å². The smallest absolute Gasteiger partial charge is 0.147 e. The molecule has 0 atom stereocenters. The first-order chi connectivity index (χ1) is 6.19. The zero-order valence-corrected chi connectivity index (χ0v) is 14.8. The summed E-state index contributed by atoms with van der Waals surface area (Å²) < 4.78 is 8.26. The van der Waals surface area contributed by atoms with E-state index in [9.17, 15) is 0 Å². The third-order valence-electron chi connectivity index (χ3n) is 1.80. The first-order valence-corrected chi connectivity index (χ1v) is 6.71. The van der Waals surface area contributed by atoms with E-state index in [0.29, 0.717) is 0 Å². The van der Waals surface area contributed by atoms with Crippen LogP contribution in [0.1, 0.15) is 54.9 Å². The van der Waals surface area contributed by atoms with Crippen molar-refractivity contribution < 1.29 is 23.1 Å². The van der Waals surface area contributed by atoms with Gasteiger partial charge in [0.2, 0.25) is 0 Å². The molecule has 0 amide bonds. The summed E-state index contributed by atoms with van der Waals surface area (Å²) in [6.07, 6.45) is 1.12. The standard InChI is InChI=1S/C8H18N.C3H7O.2ClH.Ti/c1-7(2,3)9-8(4,5)6;1-2-3-4;;;/h1-6H3;2-3H2,1H3;2*1H;/q2*-1;;;+2. The molecule has 2 nitrogen and oxygen atoms in total. The zero-order chi connectivity index (χ0) is 11.4. The minimum Gasteiger partial charge on any atom is -0.147 e. The van der Waals surface area contributed by atoms with Crippen molar-refractivity contribution in [2.45, 2.75) is 66.0 Å². The molecule has 0 aromatic heterocycles. The van der Waals surface area contributed by atoms with Crippen molar-refractivity contribution in [1.29, 1.82) is 0 Å². The second-order valence-corrected chi connectivity index (χ2v) is 7.05. The summed E-state index contributed by atoms with van der Waals surface area (Å²) in [5.41, 5.74) is 0.429. The van der Waals surface area contributed by atoms with E-state index in [2.05, 4.69) is 51.8 Å². The fraction of sp³-hybridized carbons (Fsp3) is 1.00. The molecular formula is C11H27Cl2NOTi. The van der Waals surface area contributed by atoms with Crippen molar-refractivity contribution >= 4 is 24.8 Å². The molecule has 0 N–H and O–H groups in total. The molecule has 0 rings (SSSR count). The molecule has 0 saturated heterocycles. The predicted octanol–water partition coefficient (Wildman–Crippen LogP) is 4.07. The Balaban J connectivity index is -0.000000845. The van der Waals surface area contributed by atoms with E-state index in [1.165, 1.54) is 0 Å². The van der Waals surface area contributed by atoms with E-state index in [1.54, 1.807) is 0 Å². The molecule has 100 valence electrons. The number of hydrogen-bond acceptors (Lipinski definition) is 2. The van der Waals surface area contributed by atoms with Crippen LogP contribution in [-0.2, 0) is 23.1 Å². The third kappa shape index (κ3) is 9.27. The summed E-state index contributed by atoms with van der Waals surface area (Å²) in [4.78, 5) is 0. The van der Waals surface area contributed by atoms with E-state index in [-0.39, 0.29) is 35.9 Å². The maximum absolute atomic E-state index is 5.75. The SMILES string of the molecule is CCC[O][Ti][N](C(C)(C)C)C(C)(C)C.Cl.Cl. The second kappa shape index (κ2) is 9.19. The van der Waals surface area contributed by atoms with Gasteiger partial charge in [-0.1, -0.05) is 0 Å². The van der Waals surface area contributed by atoms with E-state index in [1.807, 2.05) is 0 Å². The summed E-state index contributed by atoms with van der Waals surface area (Å²) in [5.74, 6) is 0. The van der Waals surface area contributed by atoms with Gasteiger partial charge >= 0.3 is 99.1 Å². The van der Waals surface area contributed by atoms with Gasteiger partial charge in [-0.3, -0.25) is 0 Å². The van der Waals surface area contributed by atoms with Crippen molar-refractivity contribution in [3.63, 3.8) is 0 Å². The molecular weight excluding hydrogens is 281 g/mol. The molecule has 0 aromatic rings. The molecule has 0 aromatic carbocycles. The Morgan fingerprint density at radius 2 is 1.31 bits per heavy atom. The minimum absolute atomic E-state index is 0. The van der Waals surface area contributed by atoms with Crippen LogP contribution in [0.4, 0.5) is 0 Å². The van der Waals surface area contributed by atoms with Gasteiger partial charge in [-0.15, -0.1) is 24.8 Å². The van der Waals surface area contributed by atoms with Crippen LogP contribution in [0.5, 0.6) is 0 Å². The molecule has 0 aliphatic carbocycles. The monoisotopic (exact) mass is 307 g/mol. The Hall–Kier alpha value is 1.21. The molecule has 0 heterocycles. The Labute approximate surface area is 123 Å². The molecule has 0 bridgehead atoms. The van der Waals surface area contributed by atoms with Crippen LogP contribution < -0.4 is 0 Å². The molecule has 0 aliphatic heterocycles. The van der Waals surface area contributed by atoms with Crippen molar-refractivity contribution in [3.05, 3.63) is 0 Å². The predicted molar refractivity (Wildman–Crippen MR) is 72.1 cm³/mol. The van der Waals surface area contributed by atoms with Crippen molar-refractivity contribution in [3.8, 4) is 0 Å². The number of halogens is 2. The number of nitrogens with zero attached hydrogens (tertiary/aromatic N) is 1. The van der Waals surface area contributed by atoms with Gasteiger partial charge in [-0.05, 0) is 0 Å². The molecule has 5 heteroatoms. The van der Waals surface area contributed by atoms with Gasteiger partial charge in [0.1, 0.15) is 0 Å². The Morgan fingerprint density at radius 1 is 0.938 bits per heavy atom. The fourth-order valence-corrected chi connectivity index (χ4v) is 3.01. The molecule has 0 spiro atoms. The summed E-state index contributed by atoms with van der Waals surface area (Å²) in [5, 5.41) is 0. The summed E-state index contributed by atoms with van der Waals surface area (Å²) in [6.45, 7) is 16.6. The van der Waals surface area contributed by atoms with Gasteiger partial charge in [0, 0.05) is 0 Å². The van der Waals surface area contributed by atoms with Gasteiger partial charge < -0.3 is 0 Å². The number of hydrogen-bond donors (Lipinski definition) is 0. The van der Waals surface area contributed by atoms with Gasteiger partial charge in [0.05, 0.1) is 0 Å². The third-order valence-corrected chi connectivity index (χ3v) is 4.70. The summed E-state index contributed by atoms with van der Waals surface area (Å²) in [6, 6.07) is 0. The molecule has 0 radical (unpaired) electrons. The maximum Gasteiger partial charge on any atom is -0.147 e. The van der Waals surface area contributed by atoms with Gasteiger partial charge in [0.15, 0.2) is 0 Å². The van der Waals surface area contributed by atoms with E-state index in [0.717, 1.165) is 13.0 Å².